The van der Waals surface area contributed by atoms with Crippen molar-refractivity contribution < 1.29 is 27.2 Å². The van der Waals surface area contributed by atoms with Crippen LogP contribution in [-0.2, 0) is 14.9 Å². The second-order valence-corrected chi connectivity index (χ2v) is 7.98. The van der Waals surface area contributed by atoms with Gasteiger partial charge in [-0.15, -0.1) is 0 Å². The van der Waals surface area contributed by atoms with Crippen LogP contribution in [0.5, 0.6) is 5.75 Å². The number of para-hydroxylation sites is 1. The van der Waals surface area contributed by atoms with Gasteiger partial charge in [-0.1, -0.05) is 42.5 Å². The Bertz CT molecular complexity index is 1190. The molecule has 2 aromatic carbocycles. The van der Waals surface area contributed by atoms with E-state index in [1.165, 1.54) is 0 Å². The highest BCUT2D eigenvalue weighted by molar-refractivity contribution is 7.85. The molecule has 11 heteroatoms. The summed E-state index contributed by atoms with van der Waals surface area (Å²) in [5.41, 5.74) is 7.75. The third-order valence-electron chi connectivity index (χ3n) is 3.91. The van der Waals surface area contributed by atoms with Gasteiger partial charge in [-0.05, 0) is 12.1 Å². The van der Waals surface area contributed by atoms with E-state index in [1.807, 2.05) is 30.3 Å². The maximum absolute atomic E-state index is 12.6. The average Bonchev–Trinajstić information content (AvgIpc) is 2.72. The van der Waals surface area contributed by atoms with E-state index >= 15 is 0 Å². The van der Waals surface area contributed by atoms with Crippen LogP contribution in [0.25, 0.3) is 22.2 Å². The molecule has 0 aliphatic carbocycles. The monoisotopic (exact) mass is 460 g/mol. The van der Waals surface area contributed by atoms with Crippen molar-refractivity contribution in [2.75, 3.05) is 26.6 Å². The number of fused-ring (bicyclic) bond motifs is 1. The van der Waals surface area contributed by atoms with E-state index in [-0.39, 0.29) is 0 Å². The number of nitrogens with zero attached hydrogens (tertiary/aromatic N) is 1. The SMILES string of the molecule is COCCOc1cccc2c(C(=O)NC(=N)N)cc(-c3ccccc3)nc12.CS(=O)(=O)O. The number of benzene rings is 2. The number of aromatic nitrogens is 1. The quantitative estimate of drug-likeness (QED) is 0.188. The molecule has 0 saturated heterocycles. The van der Waals surface area contributed by atoms with Gasteiger partial charge in [0.25, 0.3) is 16.0 Å². The standard InChI is InChI=1S/C20H20N4O3.CH4O3S/c1-26-10-11-27-17-9-5-8-14-15(19(25)24-20(21)22)12-16(23-18(14)17)13-6-3-2-4-7-13;1-5(2,3)4/h2-9,12H,10-11H2,1H3,(H4,21,22,24,25);1H3,(H,2,3,4). The van der Waals surface area contributed by atoms with Gasteiger partial charge < -0.3 is 15.2 Å². The third-order valence-corrected chi connectivity index (χ3v) is 3.91. The number of methoxy groups -OCH3 is 1. The van der Waals surface area contributed by atoms with Gasteiger partial charge in [0.05, 0.1) is 24.1 Å². The van der Waals surface area contributed by atoms with Crippen LogP contribution in [0.15, 0.2) is 54.6 Å². The molecule has 0 unspecified atom stereocenters. The van der Waals surface area contributed by atoms with E-state index in [0.717, 1.165) is 5.56 Å². The average molecular weight is 461 g/mol. The zero-order valence-electron chi connectivity index (χ0n) is 17.5. The number of nitrogens with two attached hydrogens (primary N) is 1. The van der Waals surface area contributed by atoms with Gasteiger partial charge >= 0.3 is 0 Å². The Balaban J connectivity index is 0.000000654. The summed E-state index contributed by atoms with van der Waals surface area (Å²) in [4.78, 5) is 17.3. The molecule has 3 aromatic rings. The highest BCUT2D eigenvalue weighted by atomic mass is 32.2. The number of carbonyl (C=O) groups is 1. The molecule has 0 aliphatic rings. The number of pyridine rings is 1. The predicted molar refractivity (Wildman–Crippen MR) is 121 cm³/mol. The van der Waals surface area contributed by atoms with Gasteiger partial charge in [0.2, 0.25) is 0 Å². The van der Waals surface area contributed by atoms with Gasteiger partial charge in [-0.25, -0.2) is 4.98 Å². The third kappa shape index (κ3) is 7.61. The topological polar surface area (TPSA) is 165 Å². The number of hydrogen-bond acceptors (Lipinski definition) is 7. The molecule has 170 valence electrons. The van der Waals surface area contributed by atoms with Gasteiger partial charge in [0.15, 0.2) is 5.96 Å². The Hall–Kier alpha value is -3.54. The van der Waals surface area contributed by atoms with Gasteiger partial charge in [0, 0.05) is 18.1 Å². The second-order valence-electron chi connectivity index (χ2n) is 6.52. The highest BCUT2D eigenvalue weighted by Crippen LogP contribution is 2.30. The molecule has 1 aromatic heterocycles. The number of rotatable bonds is 6. The molecule has 32 heavy (non-hydrogen) atoms. The van der Waals surface area contributed by atoms with E-state index in [1.54, 1.807) is 31.4 Å². The Morgan fingerprint density at radius 2 is 1.81 bits per heavy atom. The van der Waals surface area contributed by atoms with Crippen LogP contribution in [0.2, 0.25) is 0 Å². The van der Waals surface area contributed by atoms with E-state index < -0.39 is 22.0 Å². The smallest absolute Gasteiger partial charge is 0.261 e. The first kappa shape index (κ1) is 24.7. The first-order valence-electron chi connectivity index (χ1n) is 9.29. The summed E-state index contributed by atoms with van der Waals surface area (Å²) in [5, 5.41) is 10.3. The minimum Gasteiger partial charge on any atom is -0.489 e. The van der Waals surface area contributed by atoms with Crippen molar-refractivity contribution in [2.24, 2.45) is 5.73 Å². The van der Waals surface area contributed by atoms with E-state index in [0.29, 0.717) is 47.4 Å². The van der Waals surface area contributed by atoms with E-state index in [9.17, 15) is 13.2 Å². The summed E-state index contributed by atoms with van der Waals surface area (Å²) >= 11 is 0. The molecule has 10 nitrogen and oxygen atoms in total. The van der Waals surface area contributed by atoms with Crippen LogP contribution in [0.1, 0.15) is 10.4 Å². The lowest BCUT2D eigenvalue weighted by Gasteiger charge is -2.13. The lowest BCUT2D eigenvalue weighted by molar-refractivity contribution is 0.0978. The second kappa shape index (κ2) is 11.2. The summed E-state index contributed by atoms with van der Waals surface area (Å²) in [6.45, 7) is 0.800. The normalized spacial score (nSPS) is 10.7. The fourth-order valence-corrected chi connectivity index (χ4v) is 2.71. The molecule has 0 bridgehead atoms. The minimum atomic E-state index is -3.67. The number of nitrogens with one attached hydrogen (secondary N) is 2. The summed E-state index contributed by atoms with van der Waals surface area (Å²) in [6.07, 6.45) is 0.715. The fourth-order valence-electron chi connectivity index (χ4n) is 2.71. The molecule has 5 N–H and O–H groups in total. The number of carbonyl (C=O) groups excluding carboxylic acids is 1. The molecule has 3 rings (SSSR count). The van der Waals surface area contributed by atoms with Crippen LogP contribution >= 0.6 is 0 Å². The number of ether oxygens (including phenoxy) is 2. The molecule has 0 radical (unpaired) electrons. The lowest BCUT2D eigenvalue weighted by Crippen LogP contribution is -2.35. The predicted octanol–water partition coefficient (Wildman–Crippen LogP) is 2.05. The Labute approximate surface area is 185 Å². The van der Waals surface area contributed by atoms with Crippen molar-refractivity contribution in [3.8, 4) is 17.0 Å². The van der Waals surface area contributed by atoms with Crippen LogP contribution in [-0.4, -0.2) is 56.4 Å². The fraction of sp³-hybridized carbons (Fsp3) is 0.190. The molecule has 1 heterocycles. The summed E-state index contributed by atoms with van der Waals surface area (Å²) in [6, 6.07) is 16.6. The van der Waals surface area contributed by atoms with Crippen LogP contribution in [0.4, 0.5) is 0 Å². The Kier molecular flexibility index (Phi) is 8.64. The first-order chi connectivity index (χ1) is 15.1. The minimum absolute atomic E-state index is 0.363. The van der Waals surface area contributed by atoms with Gasteiger partial charge in [0.1, 0.15) is 17.9 Å². The van der Waals surface area contributed by atoms with Crippen molar-refractivity contribution >= 4 is 32.9 Å². The van der Waals surface area contributed by atoms with Gasteiger partial charge in [-0.3, -0.25) is 20.1 Å². The van der Waals surface area contributed by atoms with Gasteiger partial charge in [-0.2, -0.15) is 8.42 Å². The van der Waals surface area contributed by atoms with Crippen molar-refractivity contribution in [1.29, 1.82) is 5.41 Å². The zero-order valence-corrected chi connectivity index (χ0v) is 18.3. The summed E-state index contributed by atoms with van der Waals surface area (Å²) in [7, 11) is -2.07. The molecule has 0 spiro atoms. The van der Waals surface area contributed by atoms with Crippen molar-refractivity contribution in [3.05, 3.63) is 60.2 Å². The molecule has 0 saturated carbocycles. The van der Waals surface area contributed by atoms with Crippen LogP contribution in [0.3, 0.4) is 0 Å². The lowest BCUT2D eigenvalue weighted by atomic mass is 10.0. The van der Waals surface area contributed by atoms with Crippen molar-refractivity contribution in [2.45, 2.75) is 0 Å². The first-order valence-corrected chi connectivity index (χ1v) is 11.1. The summed E-state index contributed by atoms with van der Waals surface area (Å²) < 4.78 is 36.7. The zero-order chi connectivity index (χ0) is 23.7. The molecule has 0 fully saturated rings. The van der Waals surface area contributed by atoms with Crippen molar-refractivity contribution in [1.82, 2.24) is 10.3 Å². The molecular weight excluding hydrogens is 436 g/mol. The molecule has 0 atom stereocenters. The van der Waals surface area contributed by atoms with E-state index in [4.69, 9.17) is 30.2 Å². The largest absolute Gasteiger partial charge is 0.489 e. The van der Waals surface area contributed by atoms with Crippen molar-refractivity contribution in [3.63, 3.8) is 0 Å². The molecule has 0 aliphatic heterocycles. The highest BCUT2D eigenvalue weighted by Gasteiger charge is 2.17. The van der Waals surface area contributed by atoms with E-state index in [2.05, 4.69) is 5.32 Å². The Morgan fingerprint density at radius 3 is 2.41 bits per heavy atom. The Morgan fingerprint density at radius 1 is 1.16 bits per heavy atom. The molecular formula is C21H24N4O6S. The molecule has 1 amide bonds. The number of hydrogen-bond donors (Lipinski definition) is 4. The maximum Gasteiger partial charge on any atom is 0.261 e. The van der Waals surface area contributed by atoms with Crippen LogP contribution in [0, 0.1) is 5.41 Å². The van der Waals surface area contributed by atoms with Crippen LogP contribution < -0.4 is 15.8 Å². The maximum atomic E-state index is 12.6. The number of amides is 1. The summed E-state index contributed by atoms with van der Waals surface area (Å²) in [5.74, 6) is -0.334. The number of guanidine groups is 1.